The molecule has 1 aliphatic heterocycles. The summed E-state index contributed by atoms with van der Waals surface area (Å²) in [6.07, 6.45) is 1.73. The van der Waals surface area contributed by atoms with Gasteiger partial charge in [0.1, 0.15) is 0 Å². The second kappa shape index (κ2) is 2.35. The Morgan fingerprint density at radius 2 is 2.22 bits per heavy atom. The molecule has 0 atom stereocenters. The molecule has 1 heterocycles. The van der Waals surface area contributed by atoms with E-state index in [2.05, 4.69) is 23.8 Å². The van der Waals surface area contributed by atoms with Gasteiger partial charge >= 0.3 is 0 Å². The molecule has 0 N–H and O–H groups in total. The fourth-order valence-corrected chi connectivity index (χ4v) is 0.726. The number of hydrogen-bond donors (Lipinski definition) is 0. The van der Waals surface area contributed by atoms with Crippen molar-refractivity contribution >= 4 is 29.3 Å². The SMILES string of the molecule is CC(C)C1=NC(=S)N=C1. The van der Waals surface area contributed by atoms with Gasteiger partial charge in [0.05, 0.1) is 11.9 Å². The third-order valence-corrected chi connectivity index (χ3v) is 1.32. The van der Waals surface area contributed by atoms with E-state index in [1.807, 2.05) is 0 Å². The maximum absolute atomic E-state index is 4.73. The fourth-order valence-electron chi connectivity index (χ4n) is 0.568. The van der Waals surface area contributed by atoms with Gasteiger partial charge in [0.15, 0.2) is 0 Å². The van der Waals surface area contributed by atoms with Crippen molar-refractivity contribution in [2.75, 3.05) is 0 Å². The molecule has 0 radical (unpaired) electrons. The molecule has 0 amide bonds. The average molecular weight is 140 g/mol. The molecule has 0 spiro atoms. The quantitative estimate of drug-likeness (QED) is 0.506. The highest BCUT2D eigenvalue weighted by Gasteiger charge is 2.07. The molecular formula is C6H8N2S. The van der Waals surface area contributed by atoms with E-state index in [0.717, 1.165) is 5.71 Å². The molecular weight excluding hydrogens is 132 g/mol. The topological polar surface area (TPSA) is 24.7 Å². The van der Waals surface area contributed by atoms with Gasteiger partial charge in [0.2, 0.25) is 5.11 Å². The highest BCUT2D eigenvalue weighted by Crippen LogP contribution is 2.01. The zero-order valence-electron chi connectivity index (χ0n) is 5.46. The first-order valence-corrected chi connectivity index (χ1v) is 3.27. The van der Waals surface area contributed by atoms with Crippen LogP contribution in [0.1, 0.15) is 13.8 Å². The number of aliphatic imine (C=N–C) groups is 2. The van der Waals surface area contributed by atoms with Crippen LogP contribution >= 0.6 is 12.2 Å². The Morgan fingerprint density at radius 1 is 1.56 bits per heavy atom. The Balaban J connectivity index is 2.75. The summed E-state index contributed by atoms with van der Waals surface area (Å²) in [5, 5.41) is 0.457. The molecule has 0 aliphatic carbocycles. The van der Waals surface area contributed by atoms with Gasteiger partial charge in [-0.05, 0) is 18.1 Å². The zero-order valence-corrected chi connectivity index (χ0v) is 6.27. The molecule has 0 fully saturated rings. The maximum atomic E-state index is 4.73. The lowest BCUT2D eigenvalue weighted by Gasteiger charge is -1.96. The van der Waals surface area contributed by atoms with Crippen LogP contribution in [0, 0.1) is 5.92 Å². The van der Waals surface area contributed by atoms with Crippen LogP contribution in [0.2, 0.25) is 0 Å². The van der Waals surface area contributed by atoms with Crippen LogP contribution in [-0.2, 0) is 0 Å². The molecule has 9 heavy (non-hydrogen) atoms. The van der Waals surface area contributed by atoms with Gasteiger partial charge in [0, 0.05) is 0 Å². The number of rotatable bonds is 1. The van der Waals surface area contributed by atoms with Crippen molar-refractivity contribution in [1.82, 2.24) is 0 Å². The third kappa shape index (κ3) is 1.42. The number of nitrogens with zero attached hydrogens (tertiary/aromatic N) is 2. The van der Waals surface area contributed by atoms with Crippen LogP contribution in [-0.4, -0.2) is 17.0 Å². The largest absolute Gasteiger partial charge is 0.225 e. The molecule has 0 aromatic rings. The first-order valence-electron chi connectivity index (χ1n) is 2.87. The monoisotopic (exact) mass is 140 g/mol. The number of thiocarbonyl (C=S) groups is 1. The second-order valence-electron chi connectivity index (χ2n) is 2.23. The molecule has 1 aliphatic rings. The van der Waals surface area contributed by atoms with E-state index in [0.29, 0.717) is 11.0 Å². The smallest absolute Gasteiger partial charge is 0.219 e. The summed E-state index contributed by atoms with van der Waals surface area (Å²) in [5.41, 5.74) is 0.986. The van der Waals surface area contributed by atoms with Gasteiger partial charge in [-0.15, -0.1) is 0 Å². The minimum absolute atomic E-state index is 0.439. The van der Waals surface area contributed by atoms with Crippen LogP contribution in [0.25, 0.3) is 0 Å². The minimum Gasteiger partial charge on any atom is -0.225 e. The van der Waals surface area contributed by atoms with Gasteiger partial charge in [-0.1, -0.05) is 13.8 Å². The van der Waals surface area contributed by atoms with Crippen molar-refractivity contribution in [1.29, 1.82) is 0 Å². The van der Waals surface area contributed by atoms with Crippen molar-refractivity contribution in [3.05, 3.63) is 0 Å². The summed E-state index contributed by atoms with van der Waals surface area (Å²) in [6, 6.07) is 0. The predicted octanol–water partition coefficient (Wildman–Crippen LogP) is 1.45. The average Bonchev–Trinajstić information content (AvgIpc) is 2.14. The maximum Gasteiger partial charge on any atom is 0.219 e. The van der Waals surface area contributed by atoms with E-state index in [4.69, 9.17) is 12.2 Å². The van der Waals surface area contributed by atoms with Crippen molar-refractivity contribution in [2.45, 2.75) is 13.8 Å². The van der Waals surface area contributed by atoms with Gasteiger partial charge in [-0.2, -0.15) is 0 Å². The Bertz CT molecular complexity index is 191. The molecule has 0 unspecified atom stereocenters. The summed E-state index contributed by atoms with van der Waals surface area (Å²) in [6.45, 7) is 4.14. The molecule has 1 rings (SSSR count). The van der Waals surface area contributed by atoms with Gasteiger partial charge in [-0.3, -0.25) is 0 Å². The first-order chi connectivity index (χ1) is 4.20. The molecule has 0 aromatic carbocycles. The lowest BCUT2D eigenvalue weighted by Crippen LogP contribution is -2.05. The van der Waals surface area contributed by atoms with E-state index in [-0.39, 0.29) is 0 Å². The summed E-state index contributed by atoms with van der Waals surface area (Å²) in [4.78, 5) is 7.86. The van der Waals surface area contributed by atoms with E-state index < -0.39 is 0 Å². The van der Waals surface area contributed by atoms with Crippen molar-refractivity contribution in [2.24, 2.45) is 15.9 Å². The Morgan fingerprint density at radius 3 is 2.44 bits per heavy atom. The van der Waals surface area contributed by atoms with Crippen LogP contribution in [0.5, 0.6) is 0 Å². The molecule has 0 bridgehead atoms. The van der Waals surface area contributed by atoms with Gasteiger partial charge < -0.3 is 0 Å². The second-order valence-corrected chi connectivity index (χ2v) is 2.60. The van der Waals surface area contributed by atoms with E-state index in [9.17, 15) is 0 Å². The molecule has 3 heteroatoms. The highest BCUT2D eigenvalue weighted by atomic mass is 32.1. The normalized spacial score (nSPS) is 17.2. The predicted molar refractivity (Wildman–Crippen MR) is 43.4 cm³/mol. The standard InChI is InChI=1S/C6H8N2S/c1-4(2)5-3-7-6(9)8-5/h3-4H,1-2H3. The molecule has 0 aromatic heterocycles. The van der Waals surface area contributed by atoms with Gasteiger partial charge in [-0.25, -0.2) is 9.98 Å². The zero-order chi connectivity index (χ0) is 6.85. The summed E-state index contributed by atoms with van der Waals surface area (Å²) in [5.74, 6) is 0.439. The minimum atomic E-state index is 0.439. The van der Waals surface area contributed by atoms with Crippen molar-refractivity contribution in [3.8, 4) is 0 Å². The summed E-state index contributed by atoms with van der Waals surface area (Å²) >= 11 is 4.73. The van der Waals surface area contributed by atoms with Crippen molar-refractivity contribution < 1.29 is 0 Å². The van der Waals surface area contributed by atoms with E-state index in [1.165, 1.54) is 0 Å². The Hall–Kier alpha value is -0.570. The van der Waals surface area contributed by atoms with Crippen LogP contribution in [0.3, 0.4) is 0 Å². The lowest BCUT2D eigenvalue weighted by atomic mass is 10.1. The number of hydrogen-bond acceptors (Lipinski definition) is 1. The first kappa shape index (κ1) is 6.55. The fraction of sp³-hybridized carbons (Fsp3) is 0.500. The highest BCUT2D eigenvalue weighted by molar-refractivity contribution is 7.80. The Labute approximate surface area is 59.7 Å². The van der Waals surface area contributed by atoms with Crippen molar-refractivity contribution in [3.63, 3.8) is 0 Å². The lowest BCUT2D eigenvalue weighted by molar-refractivity contribution is 0.899. The third-order valence-electron chi connectivity index (χ3n) is 1.12. The summed E-state index contributed by atoms with van der Waals surface area (Å²) < 4.78 is 0. The van der Waals surface area contributed by atoms with Gasteiger partial charge in [0.25, 0.3) is 0 Å². The van der Waals surface area contributed by atoms with E-state index >= 15 is 0 Å². The molecule has 2 nitrogen and oxygen atoms in total. The van der Waals surface area contributed by atoms with Crippen LogP contribution in [0.4, 0.5) is 0 Å². The molecule has 0 saturated heterocycles. The van der Waals surface area contributed by atoms with E-state index in [1.54, 1.807) is 6.21 Å². The Kier molecular flexibility index (Phi) is 1.71. The summed E-state index contributed by atoms with van der Waals surface area (Å²) in [7, 11) is 0. The molecule has 0 saturated carbocycles. The van der Waals surface area contributed by atoms with Crippen LogP contribution < -0.4 is 0 Å². The van der Waals surface area contributed by atoms with Crippen LogP contribution in [0.15, 0.2) is 9.98 Å². The molecule has 48 valence electrons.